The van der Waals surface area contributed by atoms with Crippen molar-refractivity contribution in [1.82, 2.24) is 9.80 Å². The SMILES string of the molecule is CC(O)c1cccc(NC(=O)N(C)CC2CCN(C)C2)c1. The second-order valence-electron chi connectivity index (χ2n) is 6.03. The van der Waals surface area contributed by atoms with Gasteiger partial charge in [0.2, 0.25) is 0 Å². The van der Waals surface area contributed by atoms with E-state index in [1.807, 2.05) is 25.2 Å². The molecule has 1 aromatic rings. The quantitative estimate of drug-likeness (QED) is 0.894. The smallest absolute Gasteiger partial charge is 0.321 e. The molecule has 5 nitrogen and oxygen atoms in total. The highest BCUT2D eigenvalue weighted by molar-refractivity contribution is 5.89. The van der Waals surface area contributed by atoms with Gasteiger partial charge in [-0.15, -0.1) is 0 Å². The fourth-order valence-electron chi connectivity index (χ4n) is 2.74. The van der Waals surface area contributed by atoms with E-state index in [2.05, 4.69) is 17.3 Å². The van der Waals surface area contributed by atoms with Gasteiger partial charge in [-0.2, -0.15) is 0 Å². The standard InChI is InChI=1S/C16H25N3O2/c1-12(20)14-5-4-6-15(9-14)17-16(21)19(3)11-13-7-8-18(2)10-13/h4-6,9,12-13,20H,7-8,10-11H2,1-3H3,(H,17,21). The summed E-state index contributed by atoms with van der Waals surface area (Å²) < 4.78 is 0. The number of rotatable bonds is 4. The van der Waals surface area contributed by atoms with Crippen molar-refractivity contribution in [3.63, 3.8) is 0 Å². The predicted octanol–water partition coefficient (Wildman–Crippen LogP) is 2.16. The highest BCUT2D eigenvalue weighted by Gasteiger charge is 2.22. The van der Waals surface area contributed by atoms with Gasteiger partial charge in [-0.3, -0.25) is 0 Å². The van der Waals surface area contributed by atoms with Crippen molar-refractivity contribution < 1.29 is 9.90 Å². The van der Waals surface area contributed by atoms with Crippen LogP contribution in [0.5, 0.6) is 0 Å². The number of anilines is 1. The van der Waals surface area contributed by atoms with Crippen LogP contribution in [0.4, 0.5) is 10.5 Å². The zero-order chi connectivity index (χ0) is 15.4. The summed E-state index contributed by atoms with van der Waals surface area (Å²) >= 11 is 0. The van der Waals surface area contributed by atoms with Crippen LogP contribution in [0.25, 0.3) is 0 Å². The first kappa shape index (κ1) is 15.8. The molecule has 0 saturated carbocycles. The van der Waals surface area contributed by atoms with Gasteiger partial charge in [-0.05, 0) is 50.6 Å². The molecule has 21 heavy (non-hydrogen) atoms. The van der Waals surface area contributed by atoms with Crippen LogP contribution in [0.3, 0.4) is 0 Å². The zero-order valence-electron chi connectivity index (χ0n) is 13.0. The first-order valence-electron chi connectivity index (χ1n) is 7.44. The average Bonchev–Trinajstić information content (AvgIpc) is 2.84. The van der Waals surface area contributed by atoms with E-state index in [0.717, 1.165) is 31.6 Å². The van der Waals surface area contributed by atoms with Gasteiger partial charge < -0.3 is 20.2 Å². The molecule has 1 saturated heterocycles. The van der Waals surface area contributed by atoms with E-state index in [9.17, 15) is 9.90 Å². The topological polar surface area (TPSA) is 55.8 Å². The maximum atomic E-state index is 12.2. The second-order valence-corrected chi connectivity index (χ2v) is 6.03. The lowest BCUT2D eigenvalue weighted by atomic mass is 10.1. The van der Waals surface area contributed by atoms with Gasteiger partial charge in [0.15, 0.2) is 0 Å². The number of amides is 2. The number of likely N-dealkylation sites (tertiary alicyclic amines) is 1. The highest BCUT2D eigenvalue weighted by Crippen LogP contribution is 2.18. The summed E-state index contributed by atoms with van der Waals surface area (Å²) in [7, 11) is 3.94. The molecule has 2 atom stereocenters. The molecule has 116 valence electrons. The first-order valence-corrected chi connectivity index (χ1v) is 7.44. The van der Waals surface area contributed by atoms with Crippen molar-refractivity contribution >= 4 is 11.7 Å². The van der Waals surface area contributed by atoms with Crippen molar-refractivity contribution in [1.29, 1.82) is 0 Å². The Morgan fingerprint density at radius 3 is 2.95 bits per heavy atom. The van der Waals surface area contributed by atoms with E-state index in [-0.39, 0.29) is 6.03 Å². The number of aliphatic hydroxyl groups excluding tert-OH is 1. The number of nitrogens with zero attached hydrogens (tertiary/aromatic N) is 2. The van der Waals surface area contributed by atoms with Gasteiger partial charge >= 0.3 is 6.03 Å². The van der Waals surface area contributed by atoms with E-state index >= 15 is 0 Å². The monoisotopic (exact) mass is 291 g/mol. The van der Waals surface area contributed by atoms with Gasteiger partial charge in [0.1, 0.15) is 0 Å². The summed E-state index contributed by atoms with van der Waals surface area (Å²) in [5.41, 5.74) is 1.52. The Labute approximate surface area is 126 Å². The van der Waals surface area contributed by atoms with Crippen LogP contribution in [0.2, 0.25) is 0 Å². The number of urea groups is 1. The van der Waals surface area contributed by atoms with Gasteiger partial charge in [0.05, 0.1) is 6.10 Å². The lowest BCUT2D eigenvalue weighted by molar-refractivity contribution is 0.199. The number of aliphatic hydroxyl groups is 1. The van der Waals surface area contributed by atoms with Crippen LogP contribution in [0, 0.1) is 5.92 Å². The van der Waals surface area contributed by atoms with Crippen LogP contribution < -0.4 is 5.32 Å². The summed E-state index contributed by atoms with van der Waals surface area (Å²) in [6.45, 7) is 4.64. The molecule has 2 amide bonds. The zero-order valence-corrected chi connectivity index (χ0v) is 13.0. The fourth-order valence-corrected chi connectivity index (χ4v) is 2.74. The van der Waals surface area contributed by atoms with Crippen LogP contribution >= 0.6 is 0 Å². The number of hydrogen-bond acceptors (Lipinski definition) is 3. The lowest BCUT2D eigenvalue weighted by Gasteiger charge is -2.22. The van der Waals surface area contributed by atoms with E-state index in [1.54, 1.807) is 17.9 Å². The van der Waals surface area contributed by atoms with Gasteiger partial charge in [-0.1, -0.05) is 12.1 Å². The van der Waals surface area contributed by atoms with Crippen LogP contribution in [0.1, 0.15) is 25.0 Å². The van der Waals surface area contributed by atoms with E-state index in [4.69, 9.17) is 0 Å². The molecule has 0 bridgehead atoms. The van der Waals surface area contributed by atoms with E-state index in [1.165, 1.54) is 0 Å². The molecule has 0 radical (unpaired) electrons. The average molecular weight is 291 g/mol. The molecule has 0 spiro atoms. The third-order valence-corrected chi connectivity index (χ3v) is 3.99. The molecular formula is C16H25N3O2. The van der Waals surface area contributed by atoms with E-state index in [0.29, 0.717) is 11.6 Å². The maximum Gasteiger partial charge on any atom is 0.321 e. The Hall–Kier alpha value is -1.59. The molecule has 1 aliphatic heterocycles. The summed E-state index contributed by atoms with van der Waals surface area (Å²) in [6, 6.07) is 7.22. The molecule has 2 N–H and O–H groups in total. The summed E-state index contributed by atoms with van der Waals surface area (Å²) in [5, 5.41) is 12.5. The van der Waals surface area contributed by atoms with Crippen LogP contribution in [0.15, 0.2) is 24.3 Å². The highest BCUT2D eigenvalue weighted by atomic mass is 16.3. The van der Waals surface area contributed by atoms with Gasteiger partial charge in [0.25, 0.3) is 0 Å². The van der Waals surface area contributed by atoms with Crippen LogP contribution in [-0.2, 0) is 0 Å². The molecule has 0 aliphatic carbocycles. The molecule has 1 fully saturated rings. The van der Waals surface area contributed by atoms with Gasteiger partial charge in [0, 0.05) is 25.8 Å². The molecule has 1 aliphatic rings. The number of carbonyl (C=O) groups excluding carboxylic acids is 1. The number of benzene rings is 1. The molecule has 0 aromatic heterocycles. The first-order chi connectivity index (χ1) is 9.95. The summed E-state index contributed by atoms with van der Waals surface area (Å²) in [6.07, 6.45) is 0.611. The third-order valence-electron chi connectivity index (χ3n) is 3.99. The summed E-state index contributed by atoms with van der Waals surface area (Å²) in [5.74, 6) is 0.551. The molecule has 1 aromatic carbocycles. The molecule has 5 heteroatoms. The summed E-state index contributed by atoms with van der Waals surface area (Å²) in [4.78, 5) is 16.2. The minimum absolute atomic E-state index is 0.104. The second kappa shape index (κ2) is 6.91. The normalized spacial score (nSPS) is 20.3. The lowest BCUT2D eigenvalue weighted by Crippen LogP contribution is -2.36. The van der Waals surface area contributed by atoms with Gasteiger partial charge in [-0.25, -0.2) is 4.79 Å². The van der Waals surface area contributed by atoms with Crippen molar-refractivity contribution in [2.24, 2.45) is 5.92 Å². The predicted molar refractivity (Wildman–Crippen MR) is 84.3 cm³/mol. The van der Waals surface area contributed by atoms with Crippen molar-refractivity contribution in [3.05, 3.63) is 29.8 Å². The van der Waals surface area contributed by atoms with Crippen molar-refractivity contribution in [2.75, 3.05) is 39.0 Å². The number of hydrogen-bond donors (Lipinski definition) is 2. The van der Waals surface area contributed by atoms with Crippen molar-refractivity contribution in [2.45, 2.75) is 19.4 Å². The molecule has 2 unspecified atom stereocenters. The minimum atomic E-state index is -0.534. The largest absolute Gasteiger partial charge is 0.389 e. The molecular weight excluding hydrogens is 266 g/mol. The Morgan fingerprint density at radius 1 is 1.57 bits per heavy atom. The molecule has 2 rings (SSSR count). The fraction of sp³-hybridized carbons (Fsp3) is 0.562. The Balaban J connectivity index is 1.89. The Bertz CT molecular complexity index is 490. The molecule has 1 heterocycles. The third kappa shape index (κ3) is 4.44. The minimum Gasteiger partial charge on any atom is -0.389 e. The van der Waals surface area contributed by atoms with Crippen molar-refractivity contribution in [3.8, 4) is 0 Å². The number of carbonyl (C=O) groups is 1. The maximum absolute atomic E-state index is 12.2. The Kier molecular flexibility index (Phi) is 5.20. The van der Waals surface area contributed by atoms with Crippen LogP contribution in [-0.4, -0.2) is 54.7 Å². The van der Waals surface area contributed by atoms with E-state index < -0.39 is 6.10 Å². The number of nitrogens with one attached hydrogen (secondary N) is 1. The Morgan fingerprint density at radius 2 is 2.33 bits per heavy atom.